The van der Waals surface area contributed by atoms with Gasteiger partial charge in [0.15, 0.2) is 5.16 Å². The summed E-state index contributed by atoms with van der Waals surface area (Å²) >= 11 is 1.40. The molecule has 0 aliphatic rings. The highest BCUT2D eigenvalue weighted by Crippen LogP contribution is 2.33. The van der Waals surface area contributed by atoms with Crippen molar-refractivity contribution >= 4 is 34.1 Å². The van der Waals surface area contributed by atoms with E-state index in [0.29, 0.717) is 5.16 Å². The van der Waals surface area contributed by atoms with Crippen LogP contribution in [0.5, 0.6) is 0 Å². The predicted molar refractivity (Wildman–Crippen MR) is 69.9 cm³/mol. The lowest BCUT2D eigenvalue weighted by Gasteiger charge is -2.08. The van der Waals surface area contributed by atoms with Gasteiger partial charge in [-0.15, -0.1) is 20.4 Å². The molecule has 1 unspecified atom stereocenters. The van der Waals surface area contributed by atoms with Crippen LogP contribution < -0.4 is 5.32 Å². The molecule has 2 aromatic heterocycles. The van der Waals surface area contributed by atoms with E-state index in [1.807, 2.05) is 0 Å². The van der Waals surface area contributed by atoms with Crippen LogP contribution in [-0.2, 0) is 18.0 Å². The van der Waals surface area contributed by atoms with Crippen LogP contribution in [0, 0.1) is 0 Å². The first-order valence-electron chi connectivity index (χ1n) is 5.49. The van der Waals surface area contributed by atoms with Gasteiger partial charge in [0.2, 0.25) is 16.0 Å². The van der Waals surface area contributed by atoms with Crippen LogP contribution in [0.1, 0.15) is 11.9 Å². The third kappa shape index (κ3) is 3.91. The fourth-order valence-corrected chi connectivity index (χ4v) is 2.59. The van der Waals surface area contributed by atoms with E-state index in [-0.39, 0.29) is 16.5 Å². The van der Waals surface area contributed by atoms with E-state index < -0.39 is 22.3 Å². The van der Waals surface area contributed by atoms with Crippen molar-refractivity contribution < 1.29 is 18.0 Å². The van der Waals surface area contributed by atoms with Crippen molar-refractivity contribution in [3.63, 3.8) is 0 Å². The molecule has 0 bridgehead atoms. The first-order valence-corrected chi connectivity index (χ1v) is 7.19. The Morgan fingerprint density at radius 1 is 1.43 bits per heavy atom. The Morgan fingerprint density at radius 2 is 2.14 bits per heavy atom. The number of amides is 1. The smallest absolute Gasteiger partial charge is 0.312 e. The van der Waals surface area contributed by atoms with E-state index in [9.17, 15) is 18.0 Å². The van der Waals surface area contributed by atoms with E-state index in [4.69, 9.17) is 0 Å². The second kappa shape index (κ2) is 5.97. The molecule has 0 aliphatic carbocycles. The number of hydrogen-bond acceptors (Lipinski definition) is 7. The van der Waals surface area contributed by atoms with Gasteiger partial charge in [0.05, 0.1) is 5.25 Å². The van der Waals surface area contributed by atoms with Crippen molar-refractivity contribution in [3.05, 3.63) is 11.3 Å². The molecular formula is C9H9F3N6OS2. The van der Waals surface area contributed by atoms with Crippen LogP contribution in [0.4, 0.5) is 18.3 Å². The normalized spacial score (nSPS) is 13.2. The Labute approximate surface area is 125 Å². The summed E-state index contributed by atoms with van der Waals surface area (Å²) in [6.45, 7) is 1.60. The molecule has 7 nitrogen and oxygen atoms in total. The molecule has 0 spiro atoms. The molecule has 0 aliphatic heterocycles. The van der Waals surface area contributed by atoms with Gasteiger partial charge < -0.3 is 4.57 Å². The fourth-order valence-electron chi connectivity index (χ4n) is 1.19. The number of aromatic nitrogens is 5. The molecule has 0 radical (unpaired) electrons. The molecule has 0 fully saturated rings. The Kier molecular flexibility index (Phi) is 4.46. The van der Waals surface area contributed by atoms with Gasteiger partial charge in [-0.1, -0.05) is 23.1 Å². The number of thioether (sulfide) groups is 1. The lowest BCUT2D eigenvalue weighted by molar-refractivity contribution is -0.138. The third-order valence-corrected chi connectivity index (χ3v) is 4.25. The van der Waals surface area contributed by atoms with Crippen LogP contribution >= 0.6 is 23.1 Å². The highest BCUT2D eigenvalue weighted by atomic mass is 32.2. The number of anilines is 1. The Hall–Kier alpha value is -1.69. The molecule has 0 saturated carbocycles. The summed E-state index contributed by atoms with van der Waals surface area (Å²) in [5.41, 5.74) is 0. The van der Waals surface area contributed by atoms with Crippen LogP contribution in [0.15, 0.2) is 11.5 Å². The van der Waals surface area contributed by atoms with Crippen molar-refractivity contribution in [2.24, 2.45) is 7.05 Å². The summed E-state index contributed by atoms with van der Waals surface area (Å²) in [5, 5.41) is 14.7. The molecule has 2 rings (SSSR count). The summed E-state index contributed by atoms with van der Waals surface area (Å²) < 4.78 is 38.7. The van der Waals surface area contributed by atoms with E-state index in [1.54, 1.807) is 18.5 Å². The topological polar surface area (TPSA) is 85.6 Å². The molecule has 1 amide bonds. The number of carbonyl (C=O) groups excluding carboxylic acids is 1. The highest BCUT2D eigenvalue weighted by molar-refractivity contribution is 8.00. The summed E-state index contributed by atoms with van der Waals surface area (Å²) in [6.07, 6.45) is -3.09. The number of nitrogens with one attached hydrogen (secondary N) is 1. The number of rotatable bonds is 4. The Balaban J connectivity index is 1.98. The molecular weight excluding hydrogens is 329 g/mol. The maximum atomic E-state index is 12.4. The average Bonchev–Trinajstić information content (AvgIpc) is 2.99. The number of aryl methyl sites for hydroxylation is 1. The molecule has 2 heterocycles. The number of nitrogens with zero attached hydrogens (tertiary/aromatic N) is 5. The monoisotopic (exact) mass is 338 g/mol. The zero-order valence-corrected chi connectivity index (χ0v) is 12.4. The van der Waals surface area contributed by atoms with Gasteiger partial charge in [0.25, 0.3) is 0 Å². The Bertz CT molecular complexity index is 639. The predicted octanol–water partition coefficient (Wildman–Crippen LogP) is 1.80. The van der Waals surface area contributed by atoms with Crippen molar-refractivity contribution in [3.8, 4) is 0 Å². The largest absolute Gasteiger partial charge is 0.445 e. The van der Waals surface area contributed by atoms with E-state index in [0.717, 1.165) is 11.8 Å². The zero-order valence-electron chi connectivity index (χ0n) is 10.7. The first kappa shape index (κ1) is 15.7. The molecule has 12 heteroatoms. The number of carbonyl (C=O) groups is 1. The van der Waals surface area contributed by atoms with Crippen molar-refractivity contribution in [2.45, 2.75) is 23.5 Å². The lowest BCUT2D eigenvalue weighted by Crippen LogP contribution is -2.22. The second-order valence-corrected chi connectivity index (χ2v) is 6.17. The van der Waals surface area contributed by atoms with Gasteiger partial charge in [0.1, 0.15) is 6.33 Å². The maximum Gasteiger partial charge on any atom is 0.445 e. The minimum atomic E-state index is -4.57. The molecule has 0 saturated heterocycles. The molecule has 114 valence electrons. The number of alkyl halides is 3. The van der Waals surface area contributed by atoms with Crippen LogP contribution in [0.2, 0.25) is 0 Å². The number of halogens is 3. The van der Waals surface area contributed by atoms with Gasteiger partial charge in [-0.2, -0.15) is 13.2 Å². The molecule has 1 atom stereocenters. The highest BCUT2D eigenvalue weighted by Gasteiger charge is 2.36. The standard InChI is InChI=1S/C9H9F3N6OS2/c1-4(20-8-17-13-3-18(8)2)5(19)14-7-16-15-6(21-7)9(10,11)12/h3-4H,1-2H3,(H,14,16,19). The van der Waals surface area contributed by atoms with Crippen LogP contribution in [0.25, 0.3) is 0 Å². The van der Waals surface area contributed by atoms with E-state index in [1.165, 1.54) is 6.33 Å². The minimum absolute atomic E-state index is 0.197. The minimum Gasteiger partial charge on any atom is -0.312 e. The average molecular weight is 338 g/mol. The molecule has 21 heavy (non-hydrogen) atoms. The number of hydrogen-bond donors (Lipinski definition) is 1. The van der Waals surface area contributed by atoms with Gasteiger partial charge in [-0.3, -0.25) is 10.1 Å². The van der Waals surface area contributed by atoms with Gasteiger partial charge in [0, 0.05) is 7.05 Å². The summed E-state index contributed by atoms with van der Waals surface area (Å²) in [6, 6.07) is 0. The van der Waals surface area contributed by atoms with Crippen LogP contribution in [-0.4, -0.2) is 36.1 Å². The fraction of sp³-hybridized carbons (Fsp3) is 0.444. The van der Waals surface area contributed by atoms with Crippen LogP contribution in [0.3, 0.4) is 0 Å². The lowest BCUT2D eigenvalue weighted by atomic mass is 10.4. The van der Waals surface area contributed by atoms with Crippen molar-refractivity contribution in [1.29, 1.82) is 0 Å². The summed E-state index contributed by atoms with van der Waals surface area (Å²) in [4.78, 5) is 11.9. The molecule has 1 N–H and O–H groups in total. The van der Waals surface area contributed by atoms with Gasteiger partial charge in [-0.25, -0.2) is 0 Å². The van der Waals surface area contributed by atoms with Gasteiger partial charge in [-0.05, 0) is 6.92 Å². The summed E-state index contributed by atoms with van der Waals surface area (Å²) in [7, 11) is 1.72. The van der Waals surface area contributed by atoms with Crippen molar-refractivity contribution in [2.75, 3.05) is 5.32 Å². The quantitative estimate of drug-likeness (QED) is 0.856. The SMILES string of the molecule is CC(Sc1nncn1C)C(=O)Nc1nnc(C(F)(F)F)s1. The van der Waals surface area contributed by atoms with Crippen molar-refractivity contribution in [1.82, 2.24) is 25.0 Å². The zero-order chi connectivity index (χ0) is 15.6. The Morgan fingerprint density at radius 3 is 2.67 bits per heavy atom. The molecule has 2 aromatic rings. The van der Waals surface area contributed by atoms with Gasteiger partial charge >= 0.3 is 6.18 Å². The van der Waals surface area contributed by atoms with E-state index in [2.05, 4.69) is 25.7 Å². The first-order chi connectivity index (χ1) is 9.77. The molecule has 0 aromatic carbocycles. The maximum absolute atomic E-state index is 12.4. The second-order valence-electron chi connectivity index (χ2n) is 3.88. The summed E-state index contributed by atoms with van der Waals surface area (Å²) in [5.74, 6) is -0.493. The van der Waals surface area contributed by atoms with E-state index >= 15 is 0 Å². The third-order valence-electron chi connectivity index (χ3n) is 2.22.